The number of ether oxygens (including phenoxy) is 1. The molecular weight excluding hydrogens is 442 g/mol. The van der Waals surface area contributed by atoms with E-state index in [0.29, 0.717) is 6.42 Å². The number of allylic oxidation sites excluding steroid dienone is 2. The maximum absolute atomic E-state index is 10.4. The maximum Gasteiger partial charge on any atom is 0.329 e. The van der Waals surface area contributed by atoms with Gasteiger partial charge in [0.2, 0.25) is 0 Å². The quantitative estimate of drug-likeness (QED) is 0.0618. The molecule has 0 fully saturated rings. The van der Waals surface area contributed by atoms with Crippen molar-refractivity contribution in [3.63, 3.8) is 0 Å². The molecule has 5 heteroatoms. The average Bonchev–Trinajstić information content (AvgIpc) is 2.75. The van der Waals surface area contributed by atoms with E-state index < -0.39 is 11.9 Å². The summed E-state index contributed by atoms with van der Waals surface area (Å²) in [7, 11) is 1.31. The van der Waals surface area contributed by atoms with Crippen molar-refractivity contribution in [1.82, 2.24) is 0 Å². The predicted molar refractivity (Wildman–Crippen MR) is 128 cm³/mol. The summed E-state index contributed by atoms with van der Waals surface area (Å²) in [6.45, 7) is 5.43. The molecule has 178 valence electrons. The van der Waals surface area contributed by atoms with Crippen LogP contribution in [0.4, 0.5) is 0 Å². The van der Waals surface area contributed by atoms with Crippen molar-refractivity contribution in [1.29, 1.82) is 0 Å². The summed E-state index contributed by atoms with van der Waals surface area (Å²) in [5.41, 5.74) is 0. The average molecular weight is 490 g/mol. The molecule has 0 aliphatic rings. The van der Waals surface area contributed by atoms with Gasteiger partial charge in [-0.15, -0.1) is 0 Å². The molecule has 0 aliphatic carbocycles. The fraction of sp³-hybridized carbons (Fsp3) is 0.769. The number of unbranched alkanes of at least 4 members (excludes halogenated alkanes) is 15. The zero-order valence-corrected chi connectivity index (χ0v) is 23.5. The second-order valence-corrected chi connectivity index (χ2v) is 7.87. The summed E-state index contributed by atoms with van der Waals surface area (Å²) < 4.78 is 4.14. The number of methoxy groups -OCH3 is 1. The first-order valence-corrected chi connectivity index (χ1v) is 12.2. The molecule has 0 aromatic rings. The van der Waals surface area contributed by atoms with Gasteiger partial charge < -0.3 is 9.84 Å². The van der Waals surface area contributed by atoms with Crippen LogP contribution in [0.2, 0.25) is 0 Å². The van der Waals surface area contributed by atoms with Gasteiger partial charge in [0.05, 0.1) is 7.11 Å². The van der Waals surface area contributed by atoms with Crippen LogP contribution in [-0.2, 0) is 33.8 Å². The van der Waals surface area contributed by atoms with Gasteiger partial charge in [-0.1, -0.05) is 103 Å². The van der Waals surface area contributed by atoms with E-state index in [1.807, 2.05) is 0 Å². The van der Waals surface area contributed by atoms with Crippen molar-refractivity contribution in [2.24, 2.45) is 0 Å². The minimum absolute atomic E-state index is 0. The Morgan fingerprint density at radius 3 is 1.45 bits per heavy atom. The standard InChI is InChI=1S/C22H42O2.C4H6O2.Zn/c1-2-3-4-5-6-7-8-9-10-11-12-13-14-15-16-17-18-19-20-21-22(23)24;1-3-4(5)6-2;/h9-10H,2-8,11-21H2,1H3,(H,23,24);3H,1H2,2H3;/b10-9-;;. The topological polar surface area (TPSA) is 63.6 Å². The summed E-state index contributed by atoms with van der Waals surface area (Å²) >= 11 is 0. The van der Waals surface area contributed by atoms with E-state index in [9.17, 15) is 9.59 Å². The molecule has 0 bridgehead atoms. The first-order chi connectivity index (χ1) is 14.6. The molecular formula is C26H48O4Zn. The van der Waals surface area contributed by atoms with E-state index in [0.717, 1.165) is 18.9 Å². The first-order valence-electron chi connectivity index (χ1n) is 12.2. The van der Waals surface area contributed by atoms with Crippen LogP contribution in [0.5, 0.6) is 0 Å². The largest absolute Gasteiger partial charge is 0.481 e. The van der Waals surface area contributed by atoms with Gasteiger partial charge in [0.25, 0.3) is 0 Å². The summed E-state index contributed by atoms with van der Waals surface area (Å²) in [6, 6.07) is 0. The minimum Gasteiger partial charge on any atom is -0.481 e. The second kappa shape index (κ2) is 31.2. The molecule has 0 spiro atoms. The van der Waals surface area contributed by atoms with Crippen LogP contribution in [0, 0.1) is 0 Å². The predicted octanol–water partition coefficient (Wildman–Crippen LogP) is 8.01. The maximum atomic E-state index is 10.4. The molecule has 0 atom stereocenters. The molecule has 0 rings (SSSR count). The van der Waals surface area contributed by atoms with Gasteiger partial charge in [-0.25, -0.2) is 4.79 Å². The van der Waals surface area contributed by atoms with Gasteiger partial charge in [0.1, 0.15) is 0 Å². The van der Waals surface area contributed by atoms with Gasteiger partial charge in [0, 0.05) is 32.0 Å². The Morgan fingerprint density at radius 1 is 0.742 bits per heavy atom. The molecule has 4 nitrogen and oxygen atoms in total. The third-order valence-corrected chi connectivity index (χ3v) is 5.02. The molecule has 1 N–H and O–H groups in total. The van der Waals surface area contributed by atoms with Gasteiger partial charge in [-0.05, 0) is 32.1 Å². The molecule has 0 radical (unpaired) electrons. The van der Waals surface area contributed by atoms with Crippen LogP contribution in [0.3, 0.4) is 0 Å². The zero-order valence-electron chi connectivity index (χ0n) is 20.5. The van der Waals surface area contributed by atoms with Crippen molar-refractivity contribution in [2.75, 3.05) is 7.11 Å². The monoisotopic (exact) mass is 488 g/mol. The SMILES string of the molecule is C=CC(=O)OC.CCCCCCCC/C=C\CCCCCCCCCCCC(=O)O.[Zn]. The van der Waals surface area contributed by atoms with Gasteiger partial charge in [-0.2, -0.15) is 0 Å². The van der Waals surface area contributed by atoms with Gasteiger partial charge >= 0.3 is 11.9 Å². The van der Waals surface area contributed by atoms with E-state index in [4.69, 9.17) is 5.11 Å². The molecule has 0 heterocycles. The number of esters is 1. The number of carbonyl (C=O) groups is 2. The number of aliphatic carboxylic acids is 1. The second-order valence-electron chi connectivity index (χ2n) is 7.87. The van der Waals surface area contributed by atoms with Crippen LogP contribution >= 0.6 is 0 Å². The van der Waals surface area contributed by atoms with Crippen molar-refractivity contribution >= 4 is 11.9 Å². The Balaban J connectivity index is -0.000000976. The van der Waals surface area contributed by atoms with Crippen LogP contribution in [0.25, 0.3) is 0 Å². The zero-order chi connectivity index (χ0) is 22.7. The van der Waals surface area contributed by atoms with E-state index in [1.54, 1.807) is 0 Å². The van der Waals surface area contributed by atoms with E-state index >= 15 is 0 Å². The van der Waals surface area contributed by atoms with Crippen molar-refractivity contribution in [3.05, 3.63) is 24.8 Å². The molecule has 31 heavy (non-hydrogen) atoms. The number of rotatable bonds is 20. The van der Waals surface area contributed by atoms with Crippen molar-refractivity contribution < 1.29 is 38.9 Å². The van der Waals surface area contributed by atoms with Crippen LogP contribution in [-0.4, -0.2) is 24.2 Å². The van der Waals surface area contributed by atoms with E-state index in [2.05, 4.69) is 30.4 Å². The van der Waals surface area contributed by atoms with Crippen LogP contribution < -0.4 is 0 Å². The molecule has 0 aliphatic heterocycles. The Kier molecular flexibility index (Phi) is 34.9. The molecule has 0 saturated heterocycles. The summed E-state index contributed by atoms with van der Waals surface area (Å²) in [5, 5.41) is 8.55. The molecule has 0 aromatic heterocycles. The number of carbonyl (C=O) groups excluding carboxylic acids is 1. The Hall–Kier alpha value is -0.957. The number of carboxylic acids is 1. The van der Waals surface area contributed by atoms with Gasteiger partial charge in [0.15, 0.2) is 0 Å². The fourth-order valence-electron chi connectivity index (χ4n) is 3.14. The number of hydrogen-bond donors (Lipinski definition) is 1. The fourth-order valence-corrected chi connectivity index (χ4v) is 3.14. The van der Waals surface area contributed by atoms with Crippen molar-refractivity contribution in [2.45, 2.75) is 122 Å². The molecule has 0 unspecified atom stereocenters. The van der Waals surface area contributed by atoms with Crippen LogP contribution in [0.15, 0.2) is 24.8 Å². The molecule has 0 saturated carbocycles. The van der Waals surface area contributed by atoms with E-state index in [1.165, 1.54) is 103 Å². The minimum atomic E-state index is -0.656. The van der Waals surface area contributed by atoms with Crippen molar-refractivity contribution in [3.8, 4) is 0 Å². The van der Waals surface area contributed by atoms with Gasteiger partial charge in [-0.3, -0.25) is 4.79 Å². The number of hydrogen-bond acceptors (Lipinski definition) is 3. The third kappa shape index (κ3) is 36.7. The summed E-state index contributed by atoms with van der Waals surface area (Å²) in [4.78, 5) is 20.2. The Morgan fingerprint density at radius 2 is 1.13 bits per heavy atom. The van der Waals surface area contributed by atoms with E-state index in [-0.39, 0.29) is 19.5 Å². The first kappa shape index (κ1) is 34.7. The molecule has 0 aromatic carbocycles. The van der Waals surface area contributed by atoms with Crippen LogP contribution in [0.1, 0.15) is 122 Å². The Labute approximate surface area is 205 Å². The number of carboxylic acid groups (broad SMARTS) is 1. The summed E-state index contributed by atoms with van der Waals surface area (Å²) in [6.07, 6.45) is 28.2. The smallest absolute Gasteiger partial charge is 0.329 e. The third-order valence-electron chi connectivity index (χ3n) is 5.02. The molecule has 0 amide bonds. The Bertz CT molecular complexity index is 422. The normalized spacial score (nSPS) is 10.1. The summed E-state index contributed by atoms with van der Waals surface area (Å²) in [5.74, 6) is -1.05.